The molecule has 5 aromatic rings. The van der Waals surface area contributed by atoms with E-state index in [1.165, 1.54) is 0 Å². The summed E-state index contributed by atoms with van der Waals surface area (Å²) in [5, 5.41) is 8.52. The van der Waals surface area contributed by atoms with E-state index in [0.717, 1.165) is 54.7 Å². The Balaban J connectivity index is 1.45. The smallest absolute Gasteiger partial charge is 0.255 e. The number of carbonyl (C=O) groups excluding carboxylic acids is 1. The molecule has 0 atom stereocenters. The molecular weight excluding hydrogens is 428 g/mol. The van der Waals surface area contributed by atoms with Gasteiger partial charge < -0.3 is 5.32 Å². The molecule has 1 N–H and O–H groups in total. The van der Waals surface area contributed by atoms with Crippen molar-refractivity contribution < 1.29 is 4.79 Å². The summed E-state index contributed by atoms with van der Waals surface area (Å²) >= 11 is 1.59. The van der Waals surface area contributed by atoms with Gasteiger partial charge >= 0.3 is 0 Å². The number of nitrogens with zero attached hydrogens (tertiary/aromatic N) is 3. The molecule has 0 saturated carbocycles. The van der Waals surface area contributed by atoms with Crippen LogP contribution in [-0.4, -0.2) is 20.7 Å². The van der Waals surface area contributed by atoms with Crippen molar-refractivity contribution in [1.29, 1.82) is 0 Å². The molecule has 0 spiro atoms. The number of hydrogen-bond donors (Lipinski definition) is 1. The summed E-state index contributed by atoms with van der Waals surface area (Å²) < 4.78 is 2.93. The van der Waals surface area contributed by atoms with Crippen LogP contribution in [0, 0.1) is 27.7 Å². The normalized spacial score (nSPS) is 11.2. The third-order valence-corrected chi connectivity index (χ3v) is 6.96. The van der Waals surface area contributed by atoms with Gasteiger partial charge in [0.25, 0.3) is 5.91 Å². The molecule has 164 valence electrons. The summed E-state index contributed by atoms with van der Waals surface area (Å²) in [6.45, 7) is 8.04. The van der Waals surface area contributed by atoms with Crippen molar-refractivity contribution in [3.8, 4) is 16.3 Å². The first kappa shape index (κ1) is 21.1. The summed E-state index contributed by atoms with van der Waals surface area (Å²) in [7, 11) is 0. The zero-order valence-electron chi connectivity index (χ0n) is 19.0. The van der Waals surface area contributed by atoms with Crippen molar-refractivity contribution in [3.63, 3.8) is 0 Å². The van der Waals surface area contributed by atoms with Crippen LogP contribution in [0.5, 0.6) is 0 Å². The Bertz CT molecular complexity index is 1480. The third kappa shape index (κ3) is 3.94. The summed E-state index contributed by atoms with van der Waals surface area (Å²) in [5.74, 6) is -0.122. The molecule has 0 aliphatic heterocycles. The van der Waals surface area contributed by atoms with E-state index in [4.69, 9.17) is 4.98 Å². The molecular formula is C27H24N4OS. The molecule has 5 nitrogen and oxygen atoms in total. The van der Waals surface area contributed by atoms with Gasteiger partial charge in [-0.3, -0.25) is 4.79 Å². The number of aryl methyl sites for hydroxylation is 4. The lowest BCUT2D eigenvalue weighted by atomic mass is 10.0. The molecule has 3 aromatic carbocycles. The van der Waals surface area contributed by atoms with Crippen molar-refractivity contribution >= 4 is 33.1 Å². The number of amides is 1. The molecule has 0 unspecified atom stereocenters. The van der Waals surface area contributed by atoms with Crippen LogP contribution in [0.25, 0.3) is 26.5 Å². The van der Waals surface area contributed by atoms with Crippen molar-refractivity contribution in [3.05, 3.63) is 94.8 Å². The van der Waals surface area contributed by atoms with Gasteiger partial charge in [-0.2, -0.15) is 5.10 Å². The lowest BCUT2D eigenvalue weighted by Crippen LogP contribution is -2.13. The first-order chi connectivity index (χ1) is 15.9. The minimum Gasteiger partial charge on any atom is -0.321 e. The number of anilines is 1. The molecule has 1 amide bonds. The number of carbonyl (C=O) groups is 1. The lowest BCUT2D eigenvalue weighted by molar-refractivity contribution is 0.102. The lowest BCUT2D eigenvalue weighted by Gasteiger charge is -2.12. The highest BCUT2D eigenvalue weighted by Crippen LogP contribution is 2.35. The molecule has 0 bridgehead atoms. The van der Waals surface area contributed by atoms with Crippen LogP contribution in [0.3, 0.4) is 0 Å². The van der Waals surface area contributed by atoms with E-state index in [9.17, 15) is 4.79 Å². The van der Waals surface area contributed by atoms with E-state index >= 15 is 0 Å². The summed E-state index contributed by atoms with van der Waals surface area (Å²) in [5.41, 5.74) is 8.61. The van der Waals surface area contributed by atoms with Gasteiger partial charge in [0.05, 0.1) is 15.9 Å². The van der Waals surface area contributed by atoms with E-state index in [1.807, 2.05) is 87.0 Å². The highest BCUT2D eigenvalue weighted by Gasteiger charge is 2.17. The maximum atomic E-state index is 13.0. The van der Waals surface area contributed by atoms with E-state index in [0.29, 0.717) is 5.56 Å². The predicted octanol–water partition coefficient (Wildman–Crippen LogP) is 6.63. The van der Waals surface area contributed by atoms with Gasteiger partial charge in [0.2, 0.25) is 5.13 Å². The average Bonchev–Trinajstić information content (AvgIpc) is 3.39. The highest BCUT2D eigenvalue weighted by atomic mass is 32.1. The summed E-state index contributed by atoms with van der Waals surface area (Å²) in [6.07, 6.45) is 0. The van der Waals surface area contributed by atoms with Crippen LogP contribution in [0.15, 0.2) is 66.7 Å². The molecule has 0 saturated heterocycles. The number of aromatic nitrogens is 3. The molecule has 0 aliphatic carbocycles. The zero-order valence-corrected chi connectivity index (χ0v) is 19.8. The Morgan fingerprint density at radius 2 is 1.61 bits per heavy atom. The Kier molecular flexibility index (Phi) is 5.30. The maximum Gasteiger partial charge on any atom is 0.255 e. The van der Waals surface area contributed by atoms with Crippen molar-refractivity contribution in [2.45, 2.75) is 27.7 Å². The molecule has 0 aliphatic rings. The summed E-state index contributed by atoms with van der Waals surface area (Å²) in [6, 6.07) is 21.9. The first-order valence-corrected chi connectivity index (χ1v) is 11.6. The van der Waals surface area contributed by atoms with Crippen LogP contribution < -0.4 is 5.32 Å². The molecule has 0 radical (unpaired) electrons. The number of fused-ring (bicyclic) bond motifs is 1. The second-order valence-corrected chi connectivity index (χ2v) is 9.25. The molecule has 6 heteroatoms. The van der Waals surface area contributed by atoms with E-state index in [2.05, 4.69) is 22.5 Å². The van der Waals surface area contributed by atoms with Crippen LogP contribution in [0.2, 0.25) is 0 Å². The van der Waals surface area contributed by atoms with Gasteiger partial charge in [0, 0.05) is 16.9 Å². The highest BCUT2D eigenvalue weighted by molar-refractivity contribution is 7.21. The first-order valence-electron chi connectivity index (χ1n) is 10.8. The molecule has 33 heavy (non-hydrogen) atoms. The standard InChI is InChI=1S/C27H24N4OS/c1-16-14-23-25(33-27(28-23)31-18(3)15-17(2)30-31)19(4)24(16)29-26(32)22-12-10-21(11-13-22)20-8-6-5-7-9-20/h5-15H,1-4H3,(H,29,32). The van der Waals surface area contributed by atoms with Gasteiger partial charge in [-0.05, 0) is 74.2 Å². The number of rotatable bonds is 4. The van der Waals surface area contributed by atoms with Crippen molar-refractivity contribution in [2.24, 2.45) is 0 Å². The molecule has 2 aromatic heterocycles. The van der Waals surface area contributed by atoms with Crippen LogP contribution >= 0.6 is 11.3 Å². The van der Waals surface area contributed by atoms with Crippen LogP contribution in [0.1, 0.15) is 32.9 Å². The largest absolute Gasteiger partial charge is 0.321 e. The van der Waals surface area contributed by atoms with Gasteiger partial charge in [-0.1, -0.05) is 53.8 Å². The van der Waals surface area contributed by atoms with Gasteiger partial charge in [0.1, 0.15) is 0 Å². The molecule has 5 rings (SSSR count). The predicted molar refractivity (Wildman–Crippen MR) is 136 cm³/mol. The average molecular weight is 453 g/mol. The van der Waals surface area contributed by atoms with E-state index in [-0.39, 0.29) is 5.91 Å². The molecule has 0 fully saturated rings. The summed E-state index contributed by atoms with van der Waals surface area (Å²) in [4.78, 5) is 17.8. The second-order valence-electron chi connectivity index (χ2n) is 8.27. The Morgan fingerprint density at radius 3 is 2.27 bits per heavy atom. The molecule has 2 heterocycles. The van der Waals surface area contributed by atoms with Gasteiger partial charge in [-0.15, -0.1) is 0 Å². The fourth-order valence-electron chi connectivity index (χ4n) is 4.11. The Labute approximate surface area is 196 Å². The Morgan fingerprint density at radius 1 is 0.909 bits per heavy atom. The minimum atomic E-state index is -0.122. The fourth-order valence-corrected chi connectivity index (χ4v) is 5.17. The van der Waals surface area contributed by atoms with E-state index < -0.39 is 0 Å². The van der Waals surface area contributed by atoms with Crippen molar-refractivity contribution in [1.82, 2.24) is 14.8 Å². The quantitative estimate of drug-likeness (QED) is 0.333. The second kappa shape index (κ2) is 8.30. The Hall–Kier alpha value is -3.77. The SMILES string of the molecule is Cc1cc(C)n(-c2nc3cc(C)c(NC(=O)c4ccc(-c5ccccc5)cc4)c(C)c3s2)n1. The van der Waals surface area contributed by atoms with Crippen LogP contribution in [0.4, 0.5) is 5.69 Å². The van der Waals surface area contributed by atoms with Crippen LogP contribution in [-0.2, 0) is 0 Å². The number of thiazole rings is 1. The number of nitrogens with one attached hydrogen (secondary N) is 1. The monoisotopic (exact) mass is 452 g/mol. The fraction of sp³-hybridized carbons (Fsp3) is 0.148. The number of benzene rings is 3. The van der Waals surface area contributed by atoms with E-state index in [1.54, 1.807) is 11.3 Å². The van der Waals surface area contributed by atoms with Crippen molar-refractivity contribution in [2.75, 3.05) is 5.32 Å². The number of hydrogen-bond acceptors (Lipinski definition) is 4. The topological polar surface area (TPSA) is 59.8 Å². The van der Waals surface area contributed by atoms with Gasteiger partial charge in [0.15, 0.2) is 0 Å². The van der Waals surface area contributed by atoms with Gasteiger partial charge in [-0.25, -0.2) is 9.67 Å². The third-order valence-electron chi connectivity index (χ3n) is 5.79. The minimum absolute atomic E-state index is 0.122. The maximum absolute atomic E-state index is 13.0. The zero-order chi connectivity index (χ0) is 23.1.